The van der Waals surface area contributed by atoms with E-state index < -0.39 is 6.10 Å². The van der Waals surface area contributed by atoms with Gasteiger partial charge in [-0.2, -0.15) is 0 Å². The van der Waals surface area contributed by atoms with Crippen LogP contribution >= 0.6 is 0 Å². The minimum atomic E-state index is -0.762. The third-order valence-corrected chi connectivity index (χ3v) is 12.5. The lowest BCUT2D eigenvalue weighted by Crippen LogP contribution is -2.30. The first-order chi connectivity index (χ1) is 29.7. The number of rotatable bonds is 49. The third kappa shape index (κ3) is 49.3. The first-order valence-electron chi connectivity index (χ1n) is 27.2. The van der Waals surface area contributed by atoms with Crippen LogP contribution in [0.1, 0.15) is 304 Å². The molecule has 0 amide bonds. The van der Waals surface area contributed by atoms with Crippen molar-refractivity contribution in [3.05, 3.63) is 0 Å². The van der Waals surface area contributed by atoms with Gasteiger partial charge in [0.2, 0.25) is 0 Å². The molecule has 0 saturated heterocycles. The smallest absolute Gasteiger partial charge is 0.306 e. The van der Waals surface area contributed by atoms with Gasteiger partial charge < -0.3 is 14.2 Å². The molecular weight excluding hydrogens is 757 g/mol. The van der Waals surface area contributed by atoms with Gasteiger partial charge in [0, 0.05) is 19.3 Å². The predicted molar refractivity (Wildman–Crippen MR) is 261 cm³/mol. The average Bonchev–Trinajstić information content (AvgIpc) is 3.23. The largest absolute Gasteiger partial charge is 0.462 e. The molecule has 6 nitrogen and oxygen atoms in total. The molecule has 0 bridgehead atoms. The summed E-state index contributed by atoms with van der Waals surface area (Å²) in [6, 6.07) is 0. The van der Waals surface area contributed by atoms with Gasteiger partial charge in [-0.05, 0) is 31.1 Å². The normalized spacial score (nSPS) is 12.0. The van der Waals surface area contributed by atoms with Crippen LogP contribution in [-0.4, -0.2) is 37.2 Å². The fourth-order valence-electron chi connectivity index (χ4n) is 8.34. The lowest BCUT2D eigenvalue weighted by Gasteiger charge is -2.18. The van der Waals surface area contributed by atoms with E-state index in [0.717, 1.165) is 69.6 Å². The maximum atomic E-state index is 12.8. The van der Waals surface area contributed by atoms with Gasteiger partial charge in [-0.15, -0.1) is 0 Å². The summed E-state index contributed by atoms with van der Waals surface area (Å²) in [7, 11) is 0. The van der Waals surface area contributed by atoms with E-state index in [1.807, 2.05) is 0 Å². The van der Waals surface area contributed by atoms with E-state index in [2.05, 4.69) is 34.6 Å². The van der Waals surface area contributed by atoms with E-state index in [1.54, 1.807) is 0 Å². The van der Waals surface area contributed by atoms with Crippen molar-refractivity contribution in [2.75, 3.05) is 13.2 Å². The van der Waals surface area contributed by atoms with Crippen molar-refractivity contribution in [3.8, 4) is 0 Å². The molecule has 0 aromatic carbocycles. The average molecular weight is 863 g/mol. The van der Waals surface area contributed by atoms with Crippen LogP contribution in [0.2, 0.25) is 0 Å². The fraction of sp³-hybridized carbons (Fsp3) is 0.945. The highest BCUT2D eigenvalue weighted by atomic mass is 16.6. The van der Waals surface area contributed by atoms with Gasteiger partial charge in [0.15, 0.2) is 6.10 Å². The van der Waals surface area contributed by atoms with Gasteiger partial charge in [0.25, 0.3) is 0 Å². The van der Waals surface area contributed by atoms with E-state index in [9.17, 15) is 14.4 Å². The minimum absolute atomic E-state index is 0.0640. The van der Waals surface area contributed by atoms with Crippen molar-refractivity contribution >= 4 is 17.9 Å². The Kier molecular flexibility index (Phi) is 46.6. The van der Waals surface area contributed by atoms with Crippen molar-refractivity contribution in [1.82, 2.24) is 0 Å². The lowest BCUT2D eigenvalue weighted by atomic mass is 10.0. The van der Waals surface area contributed by atoms with Crippen molar-refractivity contribution < 1.29 is 28.6 Å². The Balaban J connectivity index is 4.20. The van der Waals surface area contributed by atoms with Crippen LogP contribution in [0.25, 0.3) is 0 Å². The quantitative estimate of drug-likeness (QED) is 0.0344. The summed E-state index contributed by atoms with van der Waals surface area (Å²) >= 11 is 0. The molecule has 0 heterocycles. The maximum Gasteiger partial charge on any atom is 0.306 e. The molecule has 0 aliphatic carbocycles. The summed E-state index contributed by atoms with van der Waals surface area (Å²) in [6.07, 6.45) is 49.7. The molecule has 0 aromatic heterocycles. The van der Waals surface area contributed by atoms with Gasteiger partial charge in [-0.3, -0.25) is 14.4 Å². The number of ether oxygens (including phenoxy) is 3. The molecule has 0 saturated carbocycles. The second-order valence-corrected chi connectivity index (χ2v) is 19.8. The molecule has 0 aliphatic heterocycles. The van der Waals surface area contributed by atoms with Gasteiger partial charge in [-0.1, -0.05) is 266 Å². The summed E-state index contributed by atoms with van der Waals surface area (Å²) in [5, 5.41) is 0. The zero-order valence-corrected chi connectivity index (χ0v) is 41.8. The Morgan fingerprint density at radius 2 is 0.541 bits per heavy atom. The fourth-order valence-corrected chi connectivity index (χ4v) is 8.34. The van der Waals surface area contributed by atoms with Crippen LogP contribution in [-0.2, 0) is 28.6 Å². The molecule has 362 valence electrons. The predicted octanol–water partition coefficient (Wildman–Crippen LogP) is 17.7. The first kappa shape index (κ1) is 59.4. The monoisotopic (exact) mass is 863 g/mol. The second kappa shape index (κ2) is 47.9. The van der Waals surface area contributed by atoms with Gasteiger partial charge in [0.1, 0.15) is 13.2 Å². The zero-order chi connectivity index (χ0) is 44.7. The molecule has 61 heavy (non-hydrogen) atoms. The van der Waals surface area contributed by atoms with E-state index in [1.165, 1.54) is 193 Å². The highest BCUT2D eigenvalue weighted by molar-refractivity contribution is 5.71. The number of unbranched alkanes of at least 4 members (excludes halogenated alkanes) is 34. The van der Waals surface area contributed by atoms with Crippen molar-refractivity contribution in [2.24, 2.45) is 11.8 Å². The molecule has 0 fully saturated rings. The highest BCUT2D eigenvalue weighted by Crippen LogP contribution is 2.18. The molecule has 0 rings (SSSR count). The summed E-state index contributed by atoms with van der Waals surface area (Å²) in [6.45, 7) is 11.3. The molecule has 6 heteroatoms. The molecule has 0 aliphatic rings. The number of hydrogen-bond donors (Lipinski definition) is 0. The number of hydrogen-bond acceptors (Lipinski definition) is 6. The van der Waals surface area contributed by atoms with Crippen LogP contribution in [0.5, 0.6) is 0 Å². The van der Waals surface area contributed by atoms with E-state index in [0.29, 0.717) is 19.3 Å². The van der Waals surface area contributed by atoms with Crippen LogP contribution < -0.4 is 0 Å². The third-order valence-electron chi connectivity index (χ3n) is 12.5. The van der Waals surface area contributed by atoms with Crippen LogP contribution in [0.15, 0.2) is 0 Å². The minimum Gasteiger partial charge on any atom is -0.462 e. The van der Waals surface area contributed by atoms with Gasteiger partial charge in [-0.25, -0.2) is 0 Å². The van der Waals surface area contributed by atoms with Crippen molar-refractivity contribution in [3.63, 3.8) is 0 Å². The molecule has 0 N–H and O–H groups in total. The second-order valence-electron chi connectivity index (χ2n) is 19.8. The van der Waals surface area contributed by atoms with E-state index >= 15 is 0 Å². The van der Waals surface area contributed by atoms with E-state index in [4.69, 9.17) is 14.2 Å². The number of carbonyl (C=O) groups excluding carboxylic acids is 3. The summed E-state index contributed by atoms with van der Waals surface area (Å²) < 4.78 is 16.8. The maximum absolute atomic E-state index is 12.8. The highest BCUT2D eigenvalue weighted by Gasteiger charge is 2.19. The summed E-state index contributed by atoms with van der Waals surface area (Å²) in [5.74, 6) is 0.772. The first-order valence-corrected chi connectivity index (χ1v) is 27.2. The van der Waals surface area contributed by atoms with Crippen LogP contribution in [0.4, 0.5) is 0 Å². The number of esters is 3. The summed E-state index contributed by atoms with van der Waals surface area (Å²) in [5.41, 5.74) is 0. The van der Waals surface area contributed by atoms with Crippen LogP contribution in [0, 0.1) is 11.8 Å². The Labute approximate surface area is 380 Å². The standard InChI is InChI=1S/C55H106O6/c1-6-7-8-9-10-11-12-19-23-26-29-35-40-45-53(56)59-48-52(49-60-54(57)46-41-36-32-31-34-39-44-51(4)5)61-55(58)47-42-37-30-27-24-21-18-16-14-13-15-17-20-22-25-28-33-38-43-50(2)3/h50-52H,6-49H2,1-5H3/t52-/m1/s1. The topological polar surface area (TPSA) is 78.9 Å². The van der Waals surface area contributed by atoms with Crippen LogP contribution in [0.3, 0.4) is 0 Å². The summed E-state index contributed by atoms with van der Waals surface area (Å²) in [4.78, 5) is 37.9. The molecule has 0 aromatic rings. The Hall–Kier alpha value is -1.59. The van der Waals surface area contributed by atoms with E-state index in [-0.39, 0.29) is 31.1 Å². The lowest BCUT2D eigenvalue weighted by molar-refractivity contribution is -0.167. The zero-order valence-electron chi connectivity index (χ0n) is 41.8. The molecule has 0 unspecified atom stereocenters. The van der Waals surface area contributed by atoms with Gasteiger partial charge >= 0.3 is 17.9 Å². The Morgan fingerprint density at radius 1 is 0.311 bits per heavy atom. The molecule has 0 spiro atoms. The Bertz CT molecular complexity index is 931. The van der Waals surface area contributed by atoms with Crippen molar-refractivity contribution in [2.45, 2.75) is 310 Å². The van der Waals surface area contributed by atoms with Gasteiger partial charge in [0.05, 0.1) is 0 Å². The number of carbonyl (C=O) groups is 3. The van der Waals surface area contributed by atoms with Crippen molar-refractivity contribution in [1.29, 1.82) is 0 Å². The molecular formula is C55H106O6. The SMILES string of the molecule is CCCCCCCCCCCCCCCC(=O)OC[C@H](COC(=O)CCCCCCCCC(C)C)OC(=O)CCCCCCCCCCCCCCCCCCCCC(C)C. The molecule has 1 atom stereocenters. The Morgan fingerprint density at radius 3 is 0.803 bits per heavy atom. The molecule has 0 radical (unpaired) electrons.